The highest BCUT2D eigenvalue weighted by atomic mass is 79.9. The molecular formula is C11H17BrO7P2. The van der Waals surface area contributed by atoms with E-state index in [2.05, 4.69) is 15.9 Å². The second-order valence-corrected chi connectivity index (χ2v) is 9.88. The Balaban J connectivity index is 3.69. The molecule has 1 aromatic rings. The highest BCUT2D eigenvalue weighted by Gasteiger charge is 2.65. The van der Waals surface area contributed by atoms with Crippen molar-refractivity contribution in [3.05, 3.63) is 34.3 Å². The summed E-state index contributed by atoms with van der Waals surface area (Å²) in [5, 5.41) is 8.37. The molecule has 1 rings (SSSR count). The first kappa shape index (κ1) is 19.0. The molecule has 0 aromatic heterocycles. The van der Waals surface area contributed by atoms with E-state index >= 15 is 0 Å². The minimum Gasteiger partial charge on any atom is -0.364 e. The van der Waals surface area contributed by atoms with Gasteiger partial charge in [-0.05, 0) is 12.1 Å². The first-order chi connectivity index (χ1) is 9.74. The van der Waals surface area contributed by atoms with E-state index in [1.807, 2.05) is 0 Å². The summed E-state index contributed by atoms with van der Waals surface area (Å²) in [4.78, 5) is 0. The van der Waals surface area contributed by atoms with Gasteiger partial charge in [0.2, 0.25) is 0 Å². The van der Waals surface area contributed by atoms with Crippen LogP contribution in [0.4, 0.5) is 0 Å². The summed E-state index contributed by atoms with van der Waals surface area (Å²) in [5.74, 6) is 0. The monoisotopic (exact) mass is 402 g/mol. The average molecular weight is 403 g/mol. The number of hydrogen-bond donors (Lipinski definition) is 1. The van der Waals surface area contributed by atoms with Gasteiger partial charge in [-0.2, -0.15) is 0 Å². The Bertz CT molecular complexity index is 532. The molecule has 0 bridgehead atoms. The first-order valence-electron chi connectivity index (χ1n) is 5.66. The number of halogens is 1. The largest absolute Gasteiger partial charge is 0.378 e. The normalized spacial score (nSPS) is 13.4. The zero-order valence-electron chi connectivity index (χ0n) is 12.0. The van der Waals surface area contributed by atoms with Gasteiger partial charge in [-0.1, -0.05) is 28.1 Å². The smallest absolute Gasteiger partial charge is 0.364 e. The molecule has 21 heavy (non-hydrogen) atoms. The van der Waals surface area contributed by atoms with Crippen LogP contribution in [0.1, 0.15) is 5.56 Å². The molecule has 120 valence electrons. The average Bonchev–Trinajstić information content (AvgIpc) is 2.52. The van der Waals surface area contributed by atoms with E-state index in [9.17, 15) is 14.2 Å². The highest BCUT2D eigenvalue weighted by molar-refractivity contribution is 9.10. The lowest BCUT2D eigenvalue weighted by Gasteiger charge is -2.36. The van der Waals surface area contributed by atoms with Crippen LogP contribution in [0.15, 0.2) is 28.7 Å². The molecule has 0 unspecified atom stereocenters. The van der Waals surface area contributed by atoms with Crippen molar-refractivity contribution in [2.24, 2.45) is 0 Å². The number of rotatable bonds is 7. The van der Waals surface area contributed by atoms with Crippen molar-refractivity contribution in [1.82, 2.24) is 0 Å². The van der Waals surface area contributed by atoms with Crippen LogP contribution >= 0.6 is 31.1 Å². The third kappa shape index (κ3) is 3.05. The van der Waals surface area contributed by atoms with Crippen LogP contribution in [0, 0.1) is 0 Å². The maximum absolute atomic E-state index is 12.8. The Morgan fingerprint density at radius 3 is 1.52 bits per heavy atom. The first-order valence-corrected chi connectivity index (χ1v) is 9.54. The van der Waals surface area contributed by atoms with Crippen molar-refractivity contribution < 1.29 is 32.3 Å². The van der Waals surface area contributed by atoms with Crippen LogP contribution in [0.25, 0.3) is 0 Å². The number of aliphatic hydroxyl groups is 1. The van der Waals surface area contributed by atoms with E-state index in [0.717, 1.165) is 28.4 Å². The summed E-state index contributed by atoms with van der Waals surface area (Å²) in [6.45, 7) is 0. The standard InChI is InChI=1S/C11H17BrO7P2/c1-16-20(14,17-2)11(13,21(15,18-3)19-4)9-5-7-10(12)8-6-9/h5-8,13H,1-4H3. The fraction of sp³-hybridized carbons (Fsp3) is 0.455. The zero-order valence-corrected chi connectivity index (χ0v) is 15.4. The molecule has 0 heterocycles. The lowest BCUT2D eigenvalue weighted by atomic mass is 10.2. The molecule has 0 aliphatic rings. The SMILES string of the molecule is COP(=O)(OC)C(O)(c1ccc(Br)cc1)P(=O)(OC)OC. The molecular weight excluding hydrogens is 386 g/mol. The molecule has 7 nitrogen and oxygen atoms in total. The molecule has 0 fully saturated rings. The van der Waals surface area contributed by atoms with Crippen molar-refractivity contribution in [3.63, 3.8) is 0 Å². The maximum Gasteiger partial charge on any atom is 0.378 e. The van der Waals surface area contributed by atoms with Crippen molar-refractivity contribution in [1.29, 1.82) is 0 Å². The summed E-state index contributed by atoms with van der Waals surface area (Å²) < 4.78 is 45.6. The minimum atomic E-state index is -4.27. The molecule has 0 spiro atoms. The van der Waals surface area contributed by atoms with Crippen molar-refractivity contribution >= 4 is 31.1 Å². The van der Waals surface area contributed by atoms with Crippen molar-refractivity contribution in [2.45, 2.75) is 5.08 Å². The third-order valence-electron chi connectivity index (χ3n) is 2.96. The molecule has 0 atom stereocenters. The Labute approximate surface area is 131 Å². The molecule has 0 saturated heterocycles. The fourth-order valence-electron chi connectivity index (χ4n) is 1.80. The summed E-state index contributed by atoms with van der Waals surface area (Å²) in [6, 6.07) is 5.98. The molecule has 0 radical (unpaired) electrons. The summed E-state index contributed by atoms with van der Waals surface area (Å²) in [5.41, 5.74) is 0.0183. The van der Waals surface area contributed by atoms with E-state index in [4.69, 9.17) is 18.1 Å². The minimum absolute atomic E-state index is 0.0183. The van der Waals surface area contributed by atoms with Gasteiger partial charge in [0.1, 0.15) is 0 Å². The quantitative estimate of drug-likeness (QED) is 0.697. The number of hydrogen-bond acceptors (Lipinski definition) is 7. The topological polar surface area (TPSA) is 91.3 Å². The van der Waals surface area contributed by atoms with Gasteiger partial charge < -0.3 is 23.2 Å². The van der Waals surface area contributed by atoms with Crippen LogP contribution in [0.2, 0.25) is 0 Å². The van der Waals surface area contributed by atoms with Crippen LogP contribution in [-0.2, 0) is 32.3 Å². The van der Waals surface area contributed by atoms with Crippen LogP contribution in [0.3, 0.4) is 0 Å². The van der Waals surface area contributed by atoms with Crippen molar-refractivity contribution in [2.75, 3.05) is 28.4 Å². The van der Waals surface area contributed by atoms with Gasteiger partial charge >= 0.3 is 15.2 Å². The Morgan fingerprint density at radius 2 is 1.24 bits per heavy atom. The third-order valence-corrected chi connectivity index (χ3v) is 8.92. The van der Waals surface area contributed by atoms with E-state index < -0.39 is 20.3 Å². The predicted molar refractivity (Wildman–Crippen MR) is 81.3 cm³/mol. The molecule has 0 aliphatic carbocycles. The summed E-state index contributed by atoms with van der Waals surface area (Å²) >= 11 is 3.24. The maximum atomic E-state index is 12.8. The van der Waals surface area contributed by atoms with E-state index in [1.54, 1.807) is 12.1 Å². The zero-order chi connectivity index (χ0) is 16.3. The Hall–Kier alpha value is -0.0400. The van der Waals surface area contributed by atoms with Crippen LogP contribution in [0.5, 0.6) is 0 Å². The molecule has 10 heteroatoms. The van der Waals surface area contributed by atoms with Gasteiger partial charge in [0.25, 0.3) is 5.08 Å². The lowest BCUT2D eigenvalue weighted by molar-refractivity contribution is 0.103. The van der Waals surface area contributed by atoms with Crippen molar-refractivity contribution in [3.8, 4) is 0 Å². The van der Waals surface area contributed by atoms with Crippen LogP contribution in [-0.4, -0.2) is 33.5 Å². The molecule has 1 aromatic carbocycles. The van der Waals surface area contributed by atoms with Gasteiger partial charge in [-0.25, -0.2) is 0 Å². The predicted octanol–water partition coefficient (Wildman–Crippen LogP) is 3.52. The van der Waals surface area contributed by atoms with Gasteiger partial charge in [-0.15, -0.1) is 0 Å². The van der Waals surface area contributed by atoms with E-state index in [0.29, 0.717) is 4.47 Å². The van der Waals surface area contributed by atoms with Gasteiger partial charge in [0.05, 0.1) is 0 Å². The van der Waals surface area contributed by atoms with Gasteiger partial charge in [0, 0.05) is 38.5 Å². The Kier molecular flexibility index (Phi) is 6.36. The second kappa shape index (κ2) is 7.02. The second-order valence-electron chi connectivity index (χ2n) is 3.87. The van der Waals surface area contributed by atoms with E-state index in [-0.39, 0.29) is 5.56 Å². The Morgan fingerprint density at radius 1 is 0.905 bits per heavy atom. The molecule has 0 amide bonds. The molecule has 0 saturated carbocycles. The van der Waals surface area contributed by atoms with E-state index in [1.165, 1.54) is 12.1 Å². The number of benzene rings is 1. The molecule has 0 aliphatic heterocycles. The van der Waals surface area contributed by atoms with Crippen LogP contribution < -0.4 is 0 Å². The highest BCUT2D eigenvalue weighted by Crippen LogP contribution is 2.80. The molecule has 1 N–H and O–H groups in total. The summed E-state index contributed by atoms with van der Waals surface area (Å²) in [6.07, 6.45) is 0. The van der Waals surface area contributed by atoms with Gasteiger partial charge in [-0.3, -0.25) is 9.13 Å². The van der Waals surface area contributed by atoms with Gasteiger partial charge in [0.15, 0.2) is 0 Å². The lowest BCUT2D eigenvalue weighted by Crippen LogP contribution is -2.29. The summed E-state index contributed by atoms with van der Waals surface area (Å²) in [7, 11) is -4.24. The fourth-order valence-corrected chi connectivity index (χ4v) is 6.49.